The van der Waals surface area contributed by atoms with Crippen LogP contribution in [0.4, 0.5) is 5.69 Å². The average Bonchev–Trinajstić information content (AvgIpc) is 1.96. The van der Waals surface area contributed by atoms with Crippen LogP contribution in [0.15, 0.2) is 12.1 Å². The minimum absolute atomic E-state index is 0. The molecule has 6 heteroatoms. The van der Waals surface area contributed by atoms with Gasteiger partial charge >= 0.3 is 5.69 Å². The van der Waals surface area contributed by atoms with E-state index < -0.39 is 27.9 Å². The molecule has 1 rings (SSSR count). The molecule has 0 spiro atoms. The van der Waals surface area contributed by atoms with Gasteiger partial charge in [0.2, 0.25) is 0 Å². The van der Waals surface area contributed by atoms with Crippen LogP contribution in [0, 0.1) is 10.1 Å². The van der Waals surface area contributed by atoms with Crippen LogP contribution in [-0.2, 0) is 0 Å². The Kier molecular flexibility index (Phi) is 3.06. The van der Waals surface area contributed by atoms with E-state index in [2.05, 4.69) is 0 Å². The Bertz CT molecular complexity index is 336. The third-order valence-corrected chi connectivity index (χ3v) is 1.27. The summed E-state index contributed by atoms with van der Waals surface area (Å²) in [5.74, 6) is -1.92. The number of nitro benzene ring substituents is 1. The van der Waals surface area contributed by atoms with Gasteiger partial charge in [0.1, 0.15) is 0 Å². The summed E-state index contributed by atoms with van der Waals surface area (Å²) in [6.07, 6.45) is 0. The largest absolute Gasteiger partial charge is 0.504 e. The zero-order chi connectivity index (χ0) is 9.30. The molecule has 0 saturated heterocycles. The molecule has 1 aromatic rings. The van der Waals surface area contributed by atoms with Crippen molar-refractivity contribution in [1.29, 1.82) is 0 Å². The molecule has 0 aliphatic heterocycles. The predicted octanol–water partition coefficient (Wildman–Crippen LogP) is 1.35. The number of benzene rings is 1. The van der Waals surface area contributed by atoms with Crippen LogP contribution in [0.25, 0.3) is 0 Å². The number of phenolic OH excluding ortho intramolecular Hbond substituents is 3. The monoisotopic (exact) mass is 187 g/mol. The lowest BCUT2D eigenvalue weighted by Crippen LogP contribution is -1.87. The molecule has 13 heavy (non-hydrogen) atoms. The topological polar surface area (TPSA) is 104 Å². The van der Waals surface area contributed by atoms with Crippen LogP contribution in [0.5, 0.6) is 17.2 Å². The lowest BCUT2D eigenvalue weighted by atomic mass is 10.2. The third kappa shape index (κ3) is 1.98. The molecular formula is C7H9NO5. The molecule has 0 atom stereocenters. The second-order valence-electron chi connectivity index (χ2n) is 2.09. The first-order chi connectivity index (χ1) is 5.52. The van der Waals surface area contributed by atoms with Crippen LogP contribution < -0.4 is 0 Å². The lowest BCUT2D eigenvalue weighted by molar-refractivity contribution is -0.386. The average molecular weight is 187 g/mol. The van der Waals surface area contributed by atoms with Crippen LogP contribution in [0.2, 0.25) is 0 Å². The zero-order valence-corrected chi connectivity index (χ0v) is 5.76. The molecule has 0 amide bonds. The van der Waals surface area contributed by atoms with E-state index in [1.807, 2.05) is 0 Å². The van der Waals surface area contributed by atoms with Gasteiger partial charge in [0.05, 0.1) is 11.0 Å². The lowest BCUT2D eigenvalue weighted by Gasteiger charge is -1.98. The molecule has 72 valence electrons. The second-order valence-corrected chi connectivity index (χ2v) is 2.09. The Morgan fingerprint density at radius 1 is 1.08 bits per heavy atom. The molecule has 0 heterocycles. The third-order valence-electron chi connectivity index (χ3n) is 1.27. The Morgan fingerprint density at radius 2 is 1.54 bits per heavy atom. The van der Waals surface area contributed by atoms with Crippen molar-refractivity contribution in [2.45, 2.75) is 7.43 Å². The van der Waals surface area contributed by atoms with Gasteiger partial charge in [0.25, 0.3) is 0 Å². The van der Waals surface area contributed by atoms with Gasteiger partial charge in [-0.15, -0.1) is 0 Å². The van der Waals surface area contributed by atoms with Crippen LogP contribution in [0.1, 0.15) is 7.43 Å². The first-order valence-corrected chi connectivity index (χ1v) is 2.91. The van der Waals surface area contributed by atoms with E-state index in [1.165, 1.54) is 0 Å². The molecule has 0 unspecified atom stereocenters. The van der Waals surface area contributed by atoms with E-state index in [0.717, 1.165) is 0 Å². The van der Waals surface area contributed by atoms with Crippen molar-refractivity contribution in [3.63, 3.8) is 0 Å². The minimum atomic E-state index is -0.867. The summed E-state index contributed by atoms with van der Waals surface area (Å²) in [7, 11) is 0. The van der Waals surface area contributed by atoms with E-state index in [1.54, 1.807) is 0 Å². The smallest absolute Gasteiger partial charge is 0.314 e. The fourth-order valence-electron chi connectivity index (χ4n) is 0.701. The van der Waals surface area contributed by atoms with Crippen molar-refractivity contribution in [2.75, 3.05) is 0 Å². The summed E-state index contributed by atoms with van der Waals surface area (Å²) in [6.45, 7) is 0. The Balaban J connectivity index is 0.00000144. The molecule has 3 N–H and O–H groups in total. The molecule has 1 aromatic carbocycles. The summed E-state index contributed by atoms with van der Waals surface area (Å²) < 4.78 is 0. The molecule has 0 bridgehead atoms. The summed E-state index contributed by atoms with van der Waals surface area (Å²) in [4.78, 5) is 9.27. The minimum Gasteiger partial charge on any atom is -0.504 e. The highest BCUT2D eigenvalue weighted by Gasteiger charge is 2.16. The van der Waals surface area contributed by atoms with Crippen LogP contribution in [0.3, 0.4) is 0 Å². The summed E-state index contributed by atoms with van der Waals surface area (Å²) in [5, 5.41) is 36.6. The summed E-state index contributed by atoms with van der Waals surface area (Å²) in [6, 6.07) is 1.37. The number of aromatic hydroxyl groups is 3. The highest BCUT2D eigenvalue weighted by atomic mass is 16.6. The SMILES string of the molecule is C.O=[N+]([O-])c1cc(O)c(O)cc1O. The summed E-state index contributed by atoms with van der Waals surface area (Å²) >= 11 is 0. The van der Waals surface area contributed by atoms with Crippen molar-refractivity contribution in [1.82, 2.24) is 0 Å². The van der Waals surface area contributed by atoms with Gasteiger partial charge in [-0.1, -0.05) is 7.43 Å². The number of hydrogen-bond donors (Lipinski definition) is 3. The fourth-order valence-corrected chi connectivity index (χ4v) is 0.701. The van der Waals surface area contributed by atoms with Gasteiger partial charge in [0.15, 0.2) is 17.2 Å². The van der Waals surface area contributed by atoms with E-state index in [9.17, 15) is 10.1 Å². The van der Waals surface area contributed by atoms with Crippen LogP contribution >= 0.6 is 0 Å². The van der Waals surface area contributed by atoms with Gasteiger partial charge in [-0.3, -0.25) is 10.1 Å². The second kappa shape index (κ2) is 3.61. The molecule has 0 fully saturated rings. The Hall–Kier alpha value is -1.98. The number of nitrogens with zero attached hydrogens (tertiary/aromatic N) is 1. The maximum Gasteiger partial charge on any atom is 0.314 e. The maximum atomic E-state index is 10.1. The number of nitro groups is 1. The number of hydrogen-bond acceptors (Lipinski definition) is 5. The zero-order valence-electron chi connectivity index (χ0n) is 5.76. The normalized spacial score (nSPS) is 8.92. The van der Waals surface area contributed by atoms with Gasteiger partial charge in [-0.2, -0.15) is 0 Å². The molecular weight excluding hydrogens is 178 g/mol. The van der Waals surface area contributed by atoms with Gasteiger partial charge in [0, 0.05) is 6.07 Å². The molecule has 0 aromatic heterocycles. The van der Waals surface area contributed by atoms with Gasteiger partial charge in [-0.05, 0) is 0 Å². The molecule has 0 radical (unpaired) electrons. The quantitative estimate of drug-likeness (QED) is 0.266. The van der Waals surface area contributed by atoms with Crippen molar-refractivity contribution in [3.8, 4) is 17.2 Å². The molecule has 0 saturated carbocycles. The number of rotatable bonds is 1. The van der Waals surface area contributed by atoms with Crippen molar-refractivity contribution in [2.24, 2.45) is 0 Å². The Morgan fingerprint density at radius 3 is 2.00 bits per heavy atom. The van der Waals surface area contributed by atoms with Crippen molar-refractivity contribution < 1.29 is 20.2 Å². The van der Waals surface area contributed by atoms with Crippen molar-refractivity contribution >= 4 is 5.69 Å². The first-order valence-electron chi connectivity index (χ1n) is 2.91. The van der Waals surface area contributed by atoms with E-state index in [-0.39, 0.29) is 7.43 Å². The van der Waals surface area contributed by atoms with Crippen LogP contribution in [-0.4, -0.2) is 20.2 Å². The highest BCUT2D eigenvalue weighted by Crippen LogP contribution is 2.36. The predicted molar refractivity (Wildman–Crippen MR) is 44.8 cm³/mol. The van der Waals surface area contributed by atoms with Crippen molar-refractivity contribution in [3.05, 3.63) is 22.2 Å². The number of phenols is 3. The molecule has 0 aliphatic carbocycles. The highest BCUT2D eigenvalue weighted by molar-refractivity contribution is 5.56. The summed E-state index contributed by atoms with van der Waals surface area (Å²) in [5.41, 5.74) is -0.648. The molecule has 6 nitrogen and oxygen atoms in total. The first kappa shape index (κ1) is 11.0. The van der Waals surface area contributed by atoms with Gasteiger partial charge < -0.3 is 15.3 Å². The van der Waals surface area contributed by atoms with E-state index >= 15 is 0 Å². The molecule has 0 aliphatic rings. The van der Waals surface area contributed by atoms with E-state index in [0.29, 0.717) is 12.1 Å². The maximum absolute atomic E-state index is 10.1. The fraction of sp³-hybridized carbons (Fsp3) is 0.143. The van der Waals surface area contributed by atoms with E-state index in [4.69, 9.17) is 15.3 Å². The standard InChI is InChI=1S/C6H5NO5.CH4/c8-4-2-6(10)5(9)1-3(4)7(11)12;/h1-2,8-10H;1H4. The van der Waals surface area contributed by atoms with Gasteiger partial charge in [-0.25, -0.2) is 0 Å². The Labute approximate surface area is 73.8 Å².